The minimum absolute atomic E-state index is 0.0279. The highest BCUT2D eigenvalue weighted by Gasteiger charge is 2.38. The number of thiocarbonyl (C=S) groups is 1. The zero-order valence-electron chi connectivity index (χ0n) is 18.7. The molecule has 1 atom stereocenters. The van der Waals surface area contributed by atoms with Crippen LogP contribution in [0.25, 0.3) is 17.4 Å². The van der Waals surface area contributed by atoms with Gasteiger partial charge in [-0.25, -0.2) is 0 Å². The molecular weight excluding hydrogens is 546 g/mol. The number of carboxylic acid groups (broad SMARTS) is 1. The topological polar surface area (TPSA) is 74.0 Å². The molecule has 1 aromatic heterocycles. The van der Waals surface area contributed by atoms with Gasteiger partial charge in [-0.15, -0.1) is 0 Å². The Morgan fingerprint density at radius 3 is 2.38 bits per heavy atom. The Morgan fingerprint density at radius 2 is 1.78 bits per heavy atom. The van der Waals surface area contributed by atoms with Crippen molar-refractivity contribution < 1.29 is 45.5 Å². The third-order valence-corrected chi connectivity index (χ3v) is 7.19. The largest absolute Gasteiger partial charge is 0.480 e. The van der Waals surface area contributed by atoms with Gasteiger partial charge in [0.25, 0.3) is 5.91 Å². The van der Waals surface area contributed by atoms with E-state index in [9.17, 15) is 35.9 Å². The minimum atomic E-state index is -5.00. The van der Waals surface area contributed by atoms with Gasteiger partial charge >= 0.3 is 18.3 Å². The highest BCUT2D eigenvalue weighted by Crippen LogP contribution is 2.40. The first-order chi connectivity index (χ1) is 17.2. The summed E-state index contributed by atoms with van der Waals surface area (Å²) in [6, 6.07) is 3.71. The van der Waals surface area contributed by atoms with E-state index in [4.69, 9.17) is 21.7 Å². The zero-order valence-corrected chi connectivity index (χ0v) is 20.4. The van der Waals surface area contributed by atoms with E-state index in [1.807, 2.05) is 0 Å². The van der Waals surface area contributed by atoms with Crippen molar-refractivity contribution >= 4 is 46.3 Å². The van der Waals surface area contributed by atoms with Crippen molar-refractivity contribution in [1.82, 2.24) is 9.80 Å². The van der Waals surface area contributed by atoms with E-state index < -0.39 is 40.9 Å². The average molecular weight is 565 g/mol. The fourth-order valence-electron chi connectivity index (χ4n) is 4.12. The van der Waals surface area contributed by atoms with Crippen molar-refractivity contribution in [3.8, 4) is 11.3 Å². The third-order valence-electron chi connectivity index (χ3n) is 5.82. The highest BCUT2D eigenvalue weighted by atomic mass is 32.2. The van der Waals surface area contributed by atoms with Gasteiger partial charge in [0.2, 0.25) is 0 Å². The summed E-state index contributed by atoms with van der Waals surface area (Å²) in [5.41, 5.74) is -3.35. The molecule has 0 radical (unpaired) electrons. The van der Waals surface area contributed by atoms with Crippen LogP contribution >= 0.6 is 24.0 Å². The number of carboxylic acids is 1. The molecule has 0 saturated carbocycles. The number of furan rings is 1. The molecule has 2 aromatic rings. The number of hydrogen-bond acceptors (Lipinski definition) is 6. The summed E-state index contributed by atoms with van der Waals surface area (Å²) in [6.45, 7) is 1.29. The van der Waals surface area contributed by atoms with Crippen LogP contribution in [0.3, 0.4) is 0 Å². The number of hydrogen-bond donors (Lipinski definition) is 1. The van der Waals surface area contributed by atoms with Gasteiger partial charge in [-0.2, -0.15) is 26.3 Å². The average Bonchev–Trinajstić information content (AvgIpc) is 3.49. The summed E-state index contributed by atoms with van der Waals surface area (Å²) in [4.78, 5) is 27.1. The molecule has 2 saturated heterocycles. The van der Waals surface area contributed by atoms with Crippen LogP contribution < -0.4 is 0 Å². The summed E-state index contributed by atoms with van der Waals surface area (Å²) >= 11 is 6.29. The van der Waals surface area contributed by atoms with Gasteiger partial charge in [0.1, 0.15) is 15.8 Å². The van der Waals surface area contributed by atoms with E-state index in [1.54, 1.807) is 4.90 Å². The lowest BCUT2D eigenvalue weighted by Gasteiger charge is -2.19. The predicted octanol–water partition coefficient (Wildman–Crippen LogP) is 5.59. The third kappa shape index (κ3) is 6.36. The van der Waals surface area contributed by atoms with Crippen molar-refractivity contribution in [2.75, 3.05) is 26.2 Å². The summed E-state index contributed by atoms with van der Waals surface area (Å²) in [7, 11) is 0. The van der Waals surface area contributed by atoms with Gasteiger partial charge in [0.15, 0.2) is 0 Å². The number of rotatable bonds is 6. The van der Waals surface area contributed by atoms with Gasteiger partial charge in [-0.1, -0.05) is 24.0 Å². The monoisotopic (exact) mass is 564 g/mol. The molecule has 14 heteroatoms. The fourth-order valence-corrected chi connectivity index (χ4v) is 5.38. The number of alkyl halides is 6. The molecule has 198 valence electrons. The molecule has 2 aliphatic heterocycles. The number of amides is 1. The molecule has 1 N–H and O–H groups in total. The fraction of sp³-hybridized carbons (Fsp3) is 0.348. The summed E-state index contributed by atoms with van der Waals surface area (Å²) in [5.74, 6) is -1.51. The van der Waals surface area contributed by atoms with Crippen LogP contribution in [0, 0.1) is 5.92 Å². The lowest BCUT2D eigenvalue weighted by Crippen LogP contribution is -2.35. The molecule has 1 unspecified atom stereocenters. The predicted molar refractivity (Wildman–Crippen MR) is 126 cm³/mol. The summed E-state index contributed by atoms with van der Waals surface area (Å²) in [5, 5.41) is 8.93. The van der Waals surface area contributed by atoms with Gasteiger partial charge in [-0.3, -0.25) is 19.4 Å². The number of thioether (sulfide) groups is 1. The summed E-state index contributed by atoms with van der Waals surface area (Å²) in [6.07, 6.45) is -7.97. The second kappa shape index (κ2) is 10.1. The number of likely N-dealkylation sites (tertiary alicyclic amines) is 1. The first-order valence-corrected chi connectivity index (χ1v) is 12.0. The number of benzene rings is 1. The number of carbonyl (C=O) groups is 2. The molecule has 3 heterocycles. The first kappa shape index (κ1) is 27.2. The molecule has 2 aliphatic rings. The van der Waals surface area contributed by atoms with Gasteiger partial charge < -0.3 is 9.52 Å². The Morgan fingerprint density at radius 1 is 1.14 bits per heavy atom. The van der Waals surface area contributed by atoms with Crippen LogP contribution in [0.15, 0.2) is 39.7 Å². The van der Waals surface area contributed by atoms with Crippen molar-refractivity contribution in [2.45, 2.75) is 18.8 Å². The first-order valence-electron chi connectivity index (χ1n) is 10.8. The Labute approximate surface area is 215 Å². The summed E-state index contributed by atoms with van der Waals surface area (Å²) < 4.78 is 84.8. The molecule has 1 amide bonds. The lowest BCUT2D eigenvalue weighted by atomic mass is 10.0. The van der Waals surface area contributed by atoms with Crippen LogP contribution in [0.2, 0.25) is 0 Å². The lowest BCUT2D eigenvalue weighted by molar-refractivity contribution is -0.143. The van der Waals surface area contributed by atoms with E-state index in [0.29, 0.717) is 38.2 Å². The standard InChI is InChI=1S/C23H18F6N2O4S2/c24-22(25,26)14-5-13(6-15(7-14)23(27,28)29)17-2-1-16(35-17)8-18-20(34)31(21(36)37-18)10-12-3-4-30(9-12)11-19(32)33/h1-2,5-8,12H,3-4,9-11H2,(H,32,33). The number of nitrogens with zero attached hydrogens (tertiary/aromatic N) is 2. The van der Waals surface area contributed by atoms with Crippen LogP contribution in [0.4, 0.5) is 26.3 Å². The Balaban J connectivity index is 1.52. The molecular formula is C23H18F6N2O4S2. The highest BCUT2D eigenvalue weighted by molar-refractivity contribution is 8.26. The van der Waals surface area contributed by atoms with E-state index in [1.165, 1.54) is 23.1 Å². The second-order valence-corrected chi connectivity index (χ2v) is 10.2. The van der Waals surface area contributed by atoms with Crippen LogP contribution in [0.5, 0.6) is 0 Å². The maximum absolute atomic E-state index is 13.2. The zero-order chi connectivity index (χ0) is 27.1. The second-order valence-electron chi connectivity index (χ2n) is 8.57. The molecule has 0 spiro atoms. The molecule has 4 rings (SSSR count). The van der Waals surface area contributed by atoms with E-state index >= 15 is 0 Å². The molecule has 0 aliphatic carbocycles. The maximum atomic E-state index is 13.2. The number of carbonyl (C=O) groups excluding carboxylic acids is 1. The van der Waals surface area contributed by atoms with Crippen molar-refractivity contribution in [3.05, 3.63) is 52.1 Å². The Kier molecular flexibility index (Phi) is 7.45. The Bertz CT molecular complexity index is 1240. The van der Waals surface area contributed by atoms with Gasteiger partial charge in [-0.05, 0) is 49.2 Å². The molecule has 37 heavy (non-hydrogen) atoms. The van der Waals surface area contributed by atoms with Crippen molar-refractivity contribution in [1.29, 1.82) is 0 Å². The van der Waals surface area contributed by atoms with Gasteiger partial charge in [0, 0.05) is 24.7 Å². The van der Waals surface area contributed by atoms with E-state index in [0.717, 1.165) is 11.8 Å². The SMILES string of the molecule is O=C(O)CN1CCC(CN2C(=O)C(=Cc3ccc(-c4cc(C(F)(F)F)cc(C(F)(F)F)c4)o3)SC2=S)C1. The smallest absolute Gasteiger partial charge is 0.416 e. The van der Waals surface area contributed by atoms with E-state index in [-0.39, 0.29) is 39.3 Å². The maximum Gasteiger partial charge on any atom is 0.416 e. The van der Waals surface area contributed by atoms with Crippen LogP contribution in [-0.4, -0.2) is 57.3 Å². The molecule has 0 bridgehead atoms. The number of aliphatic carboxylic acids is 1. The van der Waals surface area contributed by atoms with Crippen molar-refractivity contribution in [3.63, 3.8) is 0 Å². The van der Waals surface area contributed by atoms with Crippen LogP contribution in [-0.2, 0) is 21.9 Å². The normalized spacial score (nSPS) is 20.4. The van der Waals surface area contributed by atoms with Crippen molar-refractivity contribution in [2.24, 2.45) is 5.92 Å². The molecule has 1 aromatic carbocycles. The molecule has 6 nitrogen and oxygen atoms in total. The van der Waals surface area contributed by atoms with Crippen LogP contribution in [0.1, 0.15) is 23.3 Å². The Hall–Kier alpha value is -2.84. The van der Waals surface area contributed by atoms with E-state index in [2.05, 4.69) is 0 Å². The number of halogens is 6. The quantitative estimate of drug-likeness (QED) is 0.279. The minimum Gasteiger partial charge on any atom is -0.480 e. The van der Waals surface area contributed by atoms with Gasteiger partial charge in [0.05, 0.1) is 22.6 Å². The molecule has 2 fully saturated rings.